The molecule has 1 amide bonds. The zero-order chi connectivity index (χ0) is 27.0. The SMILES string of the molecule is Cc1ccccc1CN1C(=O)C(C2=NS(=O)(=O)c3cc(NS(C)(=O)=O)ccc3N2)C(=O)C2C3CCC(C3)C21. The summed E-state index contributed by atoms with van der Waals surface area (Å²) in [5, 5.41) is 2.92. The van der Waals surface area contributed by atoms with Crippen molar-refractivity contribution in [2.24, 2.45) is 28.1 Å². The number of hydrogen-bond donors (Lipinski definition) is 2. The van der Waals surface area contributed by atoms with E-state index in [0.29, 0.717) is 6.54 Å². The lowest BCUT2D eigenvalue weighted by Crippen LogP contribution is -2.61. The van der Waals surface area contributed by atoms with Crippen LogP contribution in [0.25, 0.3) is 0 Å². The molecule has 6 rings (SSSR count). The number of sulfonamides is 2. The fourth-order valence-electron chi connectivity index (χ4n) is 6.72. The van der Waals surface area contributed by atoms with Crippen molar-refractivity contribution in [3.63, 3.8) is 0 Å². The number of benzene rings is 2. The van der Waals surface area contributed by atoms with Crippen molar-refractivity contribution >= 4 is 48.9 Å². The Balaban J connectivity index is 1.39. The van der Waals surface area contributed by atoms with E-state index in [1.165, 1.54) is 18.2 Å². The minimum atomic E-state index is -4.31. The molecule has 2 aromatic carbocycles. The van der Waals surface area contributed by atoms with Crippen molar-refractivity contribution in [2.45, 2.75) is 43.7 Å². The number of likely N-dealkylation sites (tertiary alicyclic amines) is 1. The number of nitrogens with one attached hydrogen (secondary N) is 2. The van der Waals surface area contributed by atoms with E-state index in [2.05, 4.69) is 14.4 Å². The number of ketones is 1. The molecule has 5 atom stereocenters. The van der Waals surface area contributed by atoms with Crippen LogP contribution < -0.4 is 10.0 Å². The number of rotatable bonds is 5. The monoisotopic (exact) mass is 556 g/mol. The van der Waals surface area contributed by atoms with Gasteiger partial charge in [0.2, 0.25) is 15.9 Å². The molecule has 38 heavy (non-hydrogen) atoms. The van der Waals surface area contributed by atoms with Gasteiger partial charge in [0.1, 0.15) is 10.7 Å². The zero-order valence-corrected chi connectivity index (χ0v) is 22.6. The summed E-state index contributed by atoms with van der Waals surface area (Å²) in [6.45, 7) is 2.32. The summed E-state index contributed by atoms with van der Waals surface area (Å²) < 4.78 is 55.7. The average molecular weight is 557 g/mol. The molecule has 2 N–H and O–H groups in total. The Labute approximate surface area is 221 Å². The van der Waals surface area contributed by atoms with Crippen LogP contribution >= 0.6 is 0 Å². The summed E-state index contributed by atoms with van der Waals surface area (Å²) in [4.78, 5) is 29.4. The molecule has 5 unspecified atom stereocenters. The molecule has 3 fully saturated rings. The molecule has 2 heterocycles. The number of anilines is 2. The number of piperidine rings is 1. The Kier molecular flexibility index (Phi) is 5.69. The fourth-order valence-corrected chi connectivity index (χ4v) is 8.46. The van der Waals surface area contributed by atoms with Gasteiger partial charge in [-0.15, -0.1) is 4.40 Å². The second-order valence-electron chi connectivity index (χ2n) is 10.7. The second kappa shape index (κ2) is 8.63. The maximum absolute atomic E-state index is 14.0. The van der Waals surface area contributed by atoms with Crippen LogP contribution in [-0.2, 0) is 36.2 Å². The summed E-state index contributed by atoms with van der Waals surface area (Å²) in [5.41, 5.74) is 2.22. The van der Waals surface area contributed by atoms with Gasteiger partial charge in [-0.3, -0.25) is 14.3 Å². The highest BCUT2D eigenvalue weighted by Gasteiger charge is 2.60. The quantitative estimate of drug-likeness (QED) is 0.539. The van der Waals surface area contributed by atoms with Crippen LogP contribution in [0.2, 0.25) is 0 Å². The number of Topliss-reactive ketones (excluding diaryl/α,β-unsaturated/α-hetero) is 1. The summed E-state index contributed by atoms with van der Waals surface area (Å²) in [6.07, 6.45) is 3.75. The van der Waals surface area contributed by atoms with E-state index in [-0.39, 0.29) is 51.7 Å². The fraction of sp³-hybridized carbons (Fsp3) is 0.423. The lowest BCUT2D eigenvalue weighted by atomic mass is 9.73. The number of amidine groups is 1. The molecule has 2 aromatic rings. The molecule has 2 aliphatic heterocycles. The maximum atomic E-state index is 14.0. The normalized spacial score (nSPS) is 29.4. The molecule has 2 saturated carbocycles. The molecular weight excluding hydrogens is 528 g/mol. The molecule has 200 valence electrons. The van der Waals surface area contributed by atoms with Gasteiger partial charge in [-0.1, -0.05) is 24.3 Å². The topological polar surface area (TPSA) is 142 Å². The molecule has 4 aliphatic rings. The van der Waals surface area contributed by atoms with E-state index < -0.39 is 31.9 Å². The first-order valence-corrected chi connectivity index (χ1v) is 15.9. The van der Waals surface area contributed by atoms with E-state index in [1.54, 1.807) is 4.90 Å². The summed E-state index contributed by atoms with van der Waals surface area (Å²) in [6, 6.07) is 11.6. The number of aryl methyl sites for hydroxylation is 1. The van der Waals surface area contributed by atoms with E-state index in [9.17, 15) is 26.4 Å². The first-order valence-electron chi connectivity index (χ1n) is 12.6. The third-order valence-corrected chi connectivity index (χ3v) is 10.2. The van der Waals surface area contributed by atoms with Crippen LogP contribution in [-0.4, -0.2) is 51.6 Å². The van der Waals surface area contributed by atoms with E-state index >= 15 is 0 Å². The molecule has 0 aromatic heterocycles. The molecule has 10 nitrogen and oxygen atoms in total. The largest absolute Gasteiger partial charge is 0.341 e. The van der Waals surface area contributed by atoms with Gasteiger partial charge in [0.15, 0.2) is 11.7 Å². The molecule has 12 heteroatoms. The van der Waals surface area contributed by atoms with Gasteiger partial charge in [-0.2, -0.15) is 8.42 Å². The first-order chi connectivity index (χ1) is 17.9. The van der Waals surface area contributed by atoms with E-state index in [0.717, 1.165) is 36.6 Å². The first kappa shape index (κ1) is 25.1. The predicted molar refractivity (Wildman–Crippen MR) is 141 cm³/mol. The van der Waals surface area contributed by atoms with Crippen molar-refractivity contribution in [2.75, 3.05) is 16.3 Å². The summed E-state index contributed by atoms with van der Waals surface area (Å²) >= 11 is 0. The number of hydrogen-bond acceptors (Lipinski definition) is 7. The van der Waals surface area contributed by atoms with Gasteiger partial charge in [-0.05, 0) is 67.3 Å². The molecule has 0 radical (unpaired) electrons. The highest BCUT2D eigenvalue weighted by atomic mass is 32.2. The molecular formula is C26H28N4O6S2. The summed E-state index contributed by atoms with van der Waals surface area (Å²) in [5.74, 6) is -2.18. The molecule has 0 spiro atoms. The second-order valence-corrected chi connectivity index (χ2v) is 14.1. The number of carbonyl (C=O) groups is 2. The van der Waals surface area contributed by atoms with Crippen LogP contribution in [0.4, 0.5) is 11.4 Å². The van der Waals surface area contributed by atoms with Crippen molar-refractivity contribution in [3.05, 3.63) is 53.6 Å². The van der Waals surface area contributed by atoms with E-state index in [1.807, 2.05) is 31.2 Å². The number of fused-ring (bicyclic) bond motifs is 6. The van der Waals surface area contributed by atoms with Crippen LogP contribution in [0.3, 0.4) is 0 Å². The van der Waals surface area contributed by atoms with Crippen LogP contribution in [0, 0.1) is 30.6 Å². The van der Waals surface area contributed by atoms with Gasteiger partial charge in [0.25, 0.3) is 10.0 Å². The van der Waals surface area contributed by atoms with Gasteiger partial charge in [0.05, 0.1) is 11.9 Å². The Bertz CT molecular complexity index is 1620. The lowest BCUT2D eigenvalue weighted by molar-refractivity contribution is -0.153. The molecule has 1 saturated heterocycles. The standard InChI is InChI=1S/C26H28N4O6S2/c1-14-5-3-4-6-17(14)13-30-23-16-8-7-15(11-16)21(23)24(31)22(26(30)32)25-27-19-10-9-18(28-37(2,33)34)12-20(19)38(35,36)29-25/h3-6,9-10,12,15-16,21-23,28H,7-8,11,13H2,1-2H3,(H,27,29). The van der Waals surface area contributed by atoms with Crippen LogP contribution in [0.15, 0.2) is 51.8 Å². The van der Waals surface area contributed by atoms with Crippen LogP contribution in [0.5, 0.6) is 0 Å². The predicted octanol–water partition coefficient (Wildman–Crippen LogP) is 2.52. The minimum absolute atomic E-state index is 0.0642. The third-order valence-electron chi connectivity index (χ3n) is 8.29. The maximum Gasteiger partial charge on any atom is 0.286 e. The van der Waals surface area contributed by atoms with Crippen molar-refractivity contribution in [1.29, 1.82) is 0 Å². The average Bonchev–Trinajstić information content (AvgIpc) is 3.44. The smallest absolute Gasteiger partial charge is 0.286 e. The van der Waals surface area contributed by atoms with Gasteiger partial charge >= 0.3 is 0 Å². The highest BCUT2D eigenvalue weighted by molar-refractivity contribution is 7.92. The Hall–Kier alpha value is -3.25. The lowest BCUT2D eigenvalue weighted by Gasteiger charge is -2.46. The number of nitrogens with zero attached hydrogens (tertiary/aromatic N) is 2. The zero-order valence-electron chi connectivity index (χ0n) is 20.9. The summed E-state index contributed by atoms with van der Waals surface area (Å²) in [7, 11) is -7.94. The van der Waals surface area contributed by atoms with E-state index in [4.69, 9.17) is 0 Å². The van der Waals surface area contributed by atoms with Gasteiger partial charge in [0, 0.05) is 24.2 Å². The van der Waals surface area contributed by atoms with Crippen molar-refractivity contribution < 1.29 is 26.4 Å². The van der Waals surface area contributed by atoms with Crippen LogP contribution in [0.1, 0.15) is 30.4 Å². The molecule has 2 aliphatic carbocycles. The van der Waals surface area contributed by atoms with Crippen molar-refractivity contribution in [1.82, 2.24) is 4.90 Å². The Morgan fingerprint density at radius 1 is 1.11 bits per heavy atom. The minimum Gasteiger partial charge on any atom is -0.341 e. The van der Waals surface area contributed by atoms with Crippen molar-refractivity contribution in [3.8, 4) is 0 Å². The molecule has 2 bridgehead atoms. The number of amides is 1. The number of carbonyl (C=O) groups excluding carboxylic acids is 2. The third kappa shape index (κ3) is 4.10. The Morgan fingerprint density at radius 2 is 1.84 bits per heavy atom. The Morgan fingerprint density at radius 3 is 2.58 bits per heavy atom. The highest BCUT2D eigenvalue weighted by Crippen LogP contribution is 2.54. The van der Waals surface area contributed by atoms with Gasteiger partial charge < -0.3 is 10.2 Å². The van der Waals surface area contributed by atoms with Gasteiger partial charge in [-0.25, -0.2) is 8.42 Å².